The number of rotatable bonds is 7. The Balaban J connectivity index is 0.00000289. The molecule has 1 aliphatic rings. The third-order valence-electron chi connectivity index (χ3n) is 6.99. The molecule has 0 radical (unpaired) electrons. The summed E-state index contributed by atoms with van der Waals surface area (Å²) in [6, 6.07) is 20.6. The molecule has 1 fully saturated rings. The second kappa shape index (κ2) is 11.1. The lowest BCUT2D eigenvalue weighted by molar-refractivity contribution is 0.0983. The Hall–Kier alpha value is -3.09. The molecule has 6 nitrogen and oxygen atoms in total. The molecule has 1 saturated heterocycles. The van der Waals surface area contributed by atoms with Crippen molar-refractivity contribution in [3.8, 4) is 11.4 Å². The molecule has 2 aromatic heterocycles. The number of aromatic nitrogens is 3. The van der Waals surface area contributed by atoms with Crippen LogP contribution in [0, 0.1) is 0 Å². The Morgan fingerprint density at radius 1 is 0.971 bits per heavy atom. The highest BCUT2D eigenvalue weighted by Crippen LogP contribution is 2.23. The number of hydrogen-bond donors (Lipinski definition) is 0. The minimum Gasteiger partial charge on any atom is -0.489 e. The fourth-order valence-electron chi connectivity index (χ4n) is 5.03. The quantitative estimate of drug-likeness (QED) is 0.344. The first kappa shape index (κ1) is 25.0. The van der Waals surface area contributed by atoms with E-state index in [1.54, 1.807) is 10.8 Å². The van der Waals surface area contributed by atoms with E-state index in [1.165, 1.54) is 25.3 Å². The second-order valence-electron chi connectivity index (χ2n) is 9.32. The SMILES string of the molecule is C[C@@H]1CCC[C@H](C)N1CCn1ncc2cc(-n3ccc(OCc4ccccc4)cc3=O)ccc21.Cl. The molecule has 0 unspecified atom stereocenters. The molecular weight excluding hydrogens is 460 g/mol. The average molecular weight is 493 g/mol. The van der Waals surface area contributed by atoms with Gasteiger partial charge in [-0.1, -0.05) is 36.8 Å². The summed E-state index contributed by atoms with van der Waals surface area (Å²) in [4.78, 5) is 15.4. The molecular formula is C28H33ClN4O2. The second-order valence-corrected chi connectivity index (χ2v) is 9.32. The molecule has 35 heavy (non-hydrogen) atoms. The number of piperidine rings is 1. The predicted molar refractivity (Wildman–Crippen MR) is 143 cm³/mol. The first-order chi connectivity index (χ1) is 16.6. The van der Waals surface area contributed by atoms with Crippen molar-refractivity contribution in [3.63, 3.8) is 0 Å². The van der Waals surface area contributed by atoms with Gasteiger partial charge < -0.3 is 4.74 Å². The molecule has 0 spiro atoms. The molecule has 7 heteroatoms. The fourth-order valence-corrected chi connectivity index (χ4v) is 5.03. The highest BCUT2D eigenvalue weighted by atomic mass is 35.5. The third-order valence-corrected chi connectivity index (χ3v) is 6.99. The Morgan fingerprint density at radius 3 is 2.49 bits per heavy atom. The normalized spacial score (nSPS) is 18.3. The fraction of sp³-hybridized carbons (Fsp3) is 0.357. The van der Waals surface area contributed by atoms with Crippen molar-refractivity contribution in [3.05, 3.63) is 89.0 Å². The van der Waals surface area contributed by atoms with Gasteiger partial charge in [0.25, 0.3) is 5.56 Å². The van der Waals surface area contributed by atoms with Crippen LogP contribution in [-0.2, 0) is 13.2 Å². The van der Waals surface area contributed by atoms with Crippen molar-refractivity contribution >= 4 is 23.3 Å². The highest BCUT2D eigenvalue weighted by Gasteiger charge is 2.24. The molecule has 4 aromatic rings. The van der Waals surface area contributed by atoms with Crippen molar-refractivity contribution < 1.29 is 4.74 Å². The first-order valence-corrected chi connectivity index (χ1v) is 12.2. The van der Waals surface area contributed by atoms with Crippen LogP contribution in [0.1, 0.15) is 38.7 Å². The van der Waals surface area contributed by atoms with E-state index in [-0.39, 0.29) is 18.0 Å². The van der Waals surface area contributed by atoms with Gasteiger partial charge in [-0.15, -0.1) is 12.4 Å². The molecule has 0 aliphatic carbocycles. The summed E-state index contributed by atoms with van der Waals surface area (Å²) in [5.74, 6) is 0.570. The van der Waals surface area contributed by atoms with Gasteiger partial charge in [0.15, 0.2) is 0 Å². The minimum atomic E-state index is -0.120. The monoisotopic (exact) mass is 492 g/mol. The van der Waals surface area contributed by atoms with E-state index in [2.05, 4.69) is 34.6 Å². The molecule has 2 atom stereocenters. The highest BCUT2D eigenvalue weighted by molar-refractivity contribution is 5.85. The summed E-state index contributed by atoms with van der Waals surface area (Å²) < 4.78 is 9.52. The van der Waals surface area contributed by atoms with E-state index in [4.69, 9.17) is 4.74 Å². The molecule has 1 aliphatic heterocycles. The van der Waals surface area contributed by atoms with Crippen LogP contribution < -0.4 is 10.3 Å². The maximum Gasteiger partial charge on any atom is 0.258 e. The smallest absolute Gasteiger partial charge is 0.258 e. The van der Waals surface area contributed by atoms with Gasteiger partial charge in [0.2, 0.25) is 0 Å². The lowest BCUT2D eigenvalue weighted by Crippen LogP contribution is -2.45. The largest absolute Gasteiger partial charge is 0.489 e. The van der Waals surface area contributed by atoms with Crippen LogP contribution in [0.15, 0.2) is 77.9 Å². The van der Waals surface area contributed by atoms with Gasteiger partial charge in [-0.3, -0.25) is 18.9 Å². The summed E-state index contributed by atoms with van der Waals surface area (Å²) in [7, 11) is 0. The average Bonchev–Trinajstić information content (AvgIpc) is 3.25. The molecule has 184 valence electrons. The molecule has 0 saturated carbocycles. The summed E-state index contributed by atoms with van der Waals surface area (Å²) in [5, 5.41) is 5.67. The number of nitrogens with zero attached hydrogens (tertiary/aromatic N) is 4. The Labute approximate surface area is 212 Å². The van der Waals surface area contributed by atoms with Gasteiger partial charge in [0.05, 0.1) is 18.3 Å². The summed E-state index contributed by atoms with van der Waals surface area (Å²) in [5.41, 5.74) is 2.87. The number of fused-ring (bicyclic) bond motifs is 1. The molecule has 0 amide bonds. The van der Waals surface area contributed by atoms with Gasteiger partial charge in [-0.25, -0.2) is 0 Å². The number of ether oxygens (including phenoxy) is 1. The predicted octanol–water partition coefficient (Wildman–Crippen LogP) is 5.45. The van der Waals surface area contributed by atoms with E-state index < -0.39 is 0 Å². The maximum absolute atomic E-state index is 12.8. The summed E-state index contributed by atoms with van der Waals surface area (Å²) in [6.07, 6.45) is 7.54. The van der Waals surface area contributed by atoms with E-state index in [0.29, 0.717) is 24.4 Å². The van der Waals surface area contributed by atoms with Gasteiger partial charge in [0, 0.05) is 42.0 Å². The van der Waals surface area contributed by atoms with Crippen LogP contribution >= 0.6 is 12.4 Å². The topological polar surface area (TPSA) is 52.3 Å². The molecule has 0 N–H and O–H groups in total. The molecule has 0 bridgehead atoms. The Morgan fingerprint density at radius 2 is 1.74 bits per heavy atom. The number of halogens is 1. The van der Waals surface area contributed by atoms with Gasteiger partial charge in [-0.05, 0) is 56.5 Å². The van der Waals surface area contributed by atoms with E-state index in [1.807, 2.05) is 54.7 Å². The van der Waals surface area contributed by atoms with E-state index in [0.717, 1.165) is 35.2 Å². The van der Waals surface area contributed by atoms with Crippen LogP contribution in [0.3, 0.4) is 0 Å². The van der Waals surface area contributed by atoms with Crippen molar-refractivity contribution in [2.75, 3.05) is 6.54 Å². The van der Waals surface area contributed by atoms with Crippen LogP contribution in [0.5, 0.6) is 5.75 Å². The zero-order valence-corrected chi connectivity index (χ0v) is 21.2. The van der Waals surface area contributed by atoms with Gasteiger partial charge in [0.1, 0.15) is 12.4 Å². The van der Waals surface area contributed by atoms with Crippen molar-refractivity contribution in [2.24, 2.45) is 0 Å². The maximum atomic E-state index is 12.8. The van der Waals surface area contributed by atoms with E-state index >= 15 is 0 Å². The van der Waals surface area contributed by atoms with Gasteiger partial charge >= 0.3 is 0 Å². The van der Waals surface area contributed by atoms with E-state index in [9.17, 15) is 4.79 Å². The van der Waals surface area contributed by atoms with Gasteiger partial charge in [-0.2, -0.15) is 5.10 Å². The first-order valence-electron chi connectivity index (χ1n) is 12.2. The van der Waals surface area contributed by atoms with Crippen LogP contribution in [0.4, 0.5) is 0 Å². The zero-order valence-electron chi connectivity index (χ0n) is 20.3. The van der Waals surface area contributed by atoms with Crippen molar-refractivity contribution in [1.82, 2.24) is 19.2 Å². The number of hydrogen-bond acceptors (Lipinski definition) is 4. The lowest BCUT2D eigenvalue weighted by atomic mass is 9.98. The van der Waals surface area contributed by atoms with Crippen molar-refractivity contribution in [1.29, 1.82) is 0 Å². The summed E-state index contributed by atoms with van der Waals surface area (Å²) >= 11 is 0. The van der Waals surface area contributed by atoms with Crippen LogP contribution in [-0.4, -0.2) is 37.9 Å². The van der Waals surface area contributed by atoms with Crippen LogP contribution in [0.2, 0.25) is 0 Å². The zero-order chi connectivity index (χ0) is 23.5. The standard InChI is InChI=1S/C28H32N4O2.ClH/c1-21-7-6-8-22(2)30(21)15-16-32-27-12-11-25(17-24(27)19-29-32)31-14-13-26(18-28(31)33)34-20-23-9-4-3-5-10-23;/h3-5,9-14,17-19,21-22H,6-8,15-16,20H2,1-2H3;1H/t21-,22+;. The lowest BCUT2D eigenvalue weighted by Gasteiger charge is -2.38. The Kier molecular flexibility index (Phi) is 7.93. The van der Waals surface area contributed by atoms with Crippen molar-refractivity contribution in [2.45, 2.75) is 58.3 Å². The number of pyridine rings is 1. The van der Waals surface area contributed by atoms with Crippen LogP contribution in [0.25, 0.3) is 16.6 Å². The Bertz CT molecular complexity index is 1310. The molecule has 2 aromatic carbocycles. The molecule has 5 rings (SSSR count). The number of likely N-dealkylation sites (tertiary alicyclic amines) is 1. The summed E-state index contributed by atoms with van der Waals surface area (Å²) in [6.45, 7) is 6.97. The molecule has 3 heterocycles. The third kappa shape index (κ3) is 5.60. The number of benzene rings is 2. The minimum absolute atomic E-state index is 0.